The second-order valence-electron chi connectivity index (χ2n) is 7.42. The van der Waals surface area contributed by atoms with Gasteiger partial charge < -0.3 is 10.4 Å². The lowest BCUT2D eigenvalue weighted by atomic mass is 9.99. The van der Waals surface area contributed by atoms with Crippen LogP contribution in [0.1, 0.15) is 31.8 Å². The SMILES string of the molecule is O=C(N/N=C/c1ccc(C(=O)NCc2ccc(Cl)cc2)c2ccccc12)c1ccc(O)c(Cl)c1. The molecule has 0 unspecified atom stereocenters. The number of halogens is 2. The Morgan fingerprint density at radius 1 is 0.882 bits per heavy atom. The number of fused-ring (bicyclic) bond motifs is 1. The molecule has 0 aromatic heterocycles. The molecule has 3 N–H and O–H groups in total. The molecule has 4 aromatic carbocycles. The average molecular weight is 492 g/mol. The third kappa shape index (κ3) is 5.36. The molecule has 0 aliphatic rings. The predicted molar refractivity (Wildman–Crippen MR) is 135 cm³/mol. The van der Waals surface area contributed by atoms with Crippen LogP contribution in [-0.2, 0) is 6.54 Å². The van der Waals surface area contributed by atoms with E-state index in [0.717, 1.165) is 21.9 Å². The van der Waals surface area contributed by atoms with Crippen molar-refractivity contribution in [2.45, 2.75) is 6.54 Å². The van der Waals surface area contributed by atoms with E-state index in [4.69, 9.17) is 23.2 Å². The molecule has 6 nitrogen and oxygen atoms in total. The summed E-state index contributed by atoms with van der Waals surface area (Å²) >= 11 is 11.8. The Morgan fingerprint density at radius 2 is 1.62 bits per heavy atom. The van der Waals surface area contributed by atoms with Gasteiger partial charge in [0.25, 0.3) is 11.8 Å². The Kier molecular flexibility index (Phi) is 7.11. The Bertz CT molecular complexity index is 1400. The average Bonchev–Trinajstić information content (AvgIpc) is 2.85. The van der Waals surface area contributed by atoms with E-state index in [1.165, 1.54) is 24.4 Å². The van der Waals surface area contributed by atoms with Gasteiger partial charge in [0, 0.05) is 28.3 Å². The van der Waals surface area contributed by atoms with Crippen molar-refractivity contribution in [3.63, 3.8) is 0 Å². The Morgan fingerprint density at radius 3 is 2.35 bits per heavy atom. The van der Waals surface area contributed by atoms with Gasteiger partial charge in [0.2, 0.25) is 0 Å². The molecule has 34 heavy (non-hydrogen) atoms. The first-order chi connectivity index (χ1) is 16.4. The highest BCUT2D eigenvalue weighted by atomic mass is 35.5. The zero-order chi connectivity index (χ0) is 24.1. The van der Waals surface area contributed by atoms with Crippen LogP contribution >= 0.6 is 23.2 Å². The van der Waals surface area contributed by atoms with Crippen LogP contribution < -0.4 is 10.7 Å². The topological polar surface area (TPSA) is 90.8 Å². The summed E-state index contributed by atoms with van der Waals surface area (Å²) in [5.41, 5.74) is 4.91. The lowest BCUT2D eigenvalue weighted by molar-refractivity contribution is 0.0945. The van der Waals surface area contributed by atoms with Gasteiger partial charge in [-0.2, -0.15) is 5.10 Å². The number of nitrogens with zero attached hydrogens (tertiary/aromatic N) is 1. The number of nitrogens with one attached hydrogen (secondary N) is 2. The van der Waals surface area contributed by atoms with Gasteiger partial charge in [-0.25, -0.2) is 5.43 Å². The van der Waals surface area contributed by atoms with Crippen molar-refractivity contribution in [2.75, 3.05) is 0 Å². The van der Waals surface area contributed by atoms with Crippen LogP contribution in [0.3, 0.4) is 0 Å². The van der Waals surface area contributed by atoms with Crippen LogP contribution in [-0.4, -0.2) is 23.1 Å². The summed E-state index contributed by atoms with van der Waals surface area (Å²) in [6.07, 6.45) is 1.51. The fourth-order valence-corrected chi connectivity index (χ4v) is 3.69. The van der Waals surface area contributed by atoms with Gasteiger partial charge in [-0.15, -0.1) is 0 Å². The summed E-state index contributed by atoms with van der Waals surface area (Å²) in [4.78, 5) is 25.2. The lowest BCUT2D eigenvalue weighted by Crippen LogP contribution is -2.23. The van der Waals surface area contributed by atoms with Gasteiger partial charge in [0.15, 0.2) is 0 Å². The van der Waals surface area contributed by atoms with E-state index in [-0.39, 0.29) is 22.2 Å². The van der Waals surface area contributed by atoms with Crippen LogP contribution in [0.15, 0.2) is 84.0 Å². The van der Waals surface area contributed by atoms with Crippen LogP contribution in [0.25, 0.3) is 10.8 Å². The number of aromatic hydroxyl groups is 1. The highest BCUT2D eigenvalue weighted by Crippen LogP contribution is 2.24. The van der Waals surface area contributed by atoms with Crippen LogP contribution in [0.5, 0.6) is 5.75 Å². The summed E-state index contributed by atoms with van der Waals surface area (Å²) in [5.74, 6) is -0.779. The van der Waals surface area contributed by atoms with E-state index in [9.17, 15) is 14.7 Å². The van der Waals surface area contributed by atoms with Crippen LogP contribution in [0.2, 0.25) is 10.0 Å². The minimum Gasteiger partial charge on any atom is -0.506 e. The highest BCUT2D eigenvalue weighted by molar-refractivity contribution is 6.32. The molecule has 0 saturated heterocycles. The molecule has 0 fully saturated rings. The first-order valence-electron chi connectivity index (χ1n) is 10.3. The molecule has 8 heteroatoms. The van der Waals surface area contributed by atoms with Crippen molar-refractivity contribution in [2.24, 2.45) is 5.10 Å². The molecule has 0 aliphatic heterocycles. The highest BCUT2D eigenvalue weighted by Gasteiger charge is 2.12. The number of hydrogen-bond donors (Lipinski definition) is 3. The van der Waals surface area contributed by atoms with Crippen LogP contribution in [0, 0.1) is 0 Å². The fraction of sp³-hybridized carbons (Fsp3) is 0.0385. The van der Waals surface area contributed by atoms with E-state index in [2.05, 4.69) is 15.8 Å². The van der Waals surface area contributed by atoms with Gasteiger partial charge in [0.1, 0.15) is 5.75 Å². The maximum absolute atomic E-state index is 12.9. The van der Waals surface area contributed by atoms with E-state index in [1.54, 1.807) is 24.3 Å². The number of carbonyl (C=O) groups excluding carboxylic acids is 2. The zero-order valence-electron chi connectivity index (χ0n) is 17.8. The van der Waals surface area contributed by atoms with E-state index < -0.39 is 5.91 Å². The summed E-state index contributed by atoms with van der Waals surface area (Å²) in [6.45, 7) is 0.376. The standard InChI is InChI=1S/C26H19Cl2N3O3/c27-19-9-5-16(6-10-19)14-29-26(34)22-11-7-18(20-3-1-2-4-21(20)22)15-30-31-25(33)17-8-12-24(32)23(28)13-17/h1-13,15,32H,14H2,(H,29,34)(H,31,33)/b30-15+. The molecule has 0 spiro atoms. The van der Waals surface area contributed by atoms with Crippen molar-refractivity contribution in [3.05, 3.63) is 111 Å². The number of carbonyl (C=O) groups is 2. The van der Waals surface area contributed by atoms with Crippen molar-refractivity contribution >= 4 is 52.0 Å². The lowest BCUT2D eigenvalue weighted by Gasteiger charge is -2.10. The molecular formula is C26H19Cl2N3O3. The van der Waals surface area contributed by atoms with Crippen LogP contribution in [0.4, 0.5) is 0 Å². The fourth-order valence-electron chi connectivity index (χ4n) is 3.39. The van der Waals surface area contributed by atoms with Crippen molar-refractivity contribution in [1.29, 1.82) is 0 Å². The maximum Gasteiger partial charge on any atom is 0.271 e. The molecule has 2 amide bonds. The molecule has 0 saturated carbocycles. The number of benzene rings is 4. The summed E-state index contributed by atoms with van der Waals surface area (Å²) in [6, 6.07) is 22.4. The summed E-state index contributed by atoms with van der Waals surface area (Å²) in [7, 11) is 0. The van der Waals surface area contributed by atoms with E-state index in [1.807, 2.05) is 36.4 Å². The quantitative estimate of drug-likeness (QED) is 0.244. The van der Waals surface area contributed by atoms with Crippen molar-refractivity contribution < 1.29 is 14.7 Å². The molecule has 0 aliphatic carbocycles. The molecular weight excluding hydrogens is 473 g/mol. The van der Waals surface area contributed by atoms with E-state index >= 15 is 0 Å². The van der Waals surface area contributed by atoms with Gasteiger partial charge >= 0.3 is 0 Å². The van der Waals surface area contributed by atoms with Crippen molar-refractivity contribution in [3.8, 4) is 5.75 Å². The molecule has 0 radical (unpaired) electrons. The van der Waals surface area contributed by atoms with Crippen molar-refractivity contribution in [1.82, 2.24) is 10.7 Å². The molecule has 0 heterocycles. The Labute approximate surface area is 205 Å². The second kappa shape index (κ2) is 10.4. The summed E-state index contributed by atoms with van der Waals surface area (Å²) < 4.78 is 0. The molecule has 0 bridgehead atoms. The largest absolute Gasteiger partial charge is 0.506 e. The van der Waals surface area contributed by atoms with Gasteiger partial charge in [-0.3, -0.25) is 9.59 Å². The minimum atomic E-state index is -0.472. The third-order valence-electron chi connectivity index (χ3n) is 5.15. The maximum atomic E-state index is 12.9. The normalized spacial score (nSPS) is 11.0. The van der Waals surface area contributed by atoms with E-state index in [0.29, 0.717) is 17.1 Å². The first-order valence-corrected chi connectivity index (χ1v) is 11.0. The van der Waals surface area contributed by atoms with Gasteiger partial charge in [-0.1, -0.05) is 65.7 Å². The minimum absolute atomic E-state index is 0.0764. The Hall–Kier alpha value is -3.87. The Balaban J connectivity index is 1.50. The second-order valence-corrected chi connectivity index (χ2v) is 8.27. The molecule has 170 valence electrons. The smallest absolute Gasteiger partial charge is 0.271 e. The number of phenolic OH excluding ortho intramolecular Hbond substituents is 1. The number of amides is 2. The van der Waals surface area contributed by atoms with Gasteiger partial charge in [-0.05, 0) is 52.7 Å². The first kappa shape index (κ1) is 23.3. The van der Waals surface area contributed by atoms with Gasteiger partial charge in [0.05, 0.1) is 11.2 Å². The number of hydrazone groups is 1. The number of phenols is 1. The predicted octanol–water partition coefficient (Wildman–Crippen LogP) is 5.55. The molecule has 4 aromatic rings. The number of hydrogen-bond acceptors (Lipinski definition) is 4. The molecule has 4 rings (SSSR count). The monoisotopic (exact) mass is 491 g/mol. The molecule has 0 atom stereocenters. The number of rotatable bonds is 6. The zero-order valence-corrected chi connectivity index (χ0v) is 19.3. The third-order valence-corrected chi connectivity index (χ3v) is 5.70. The summed E-state index contributed by atoms with van der Waals surface area (Å²) in [5, 5.41) is 18.7.